The van der Waals surface area contributed by atoms with Crippen LogP contribution in [0.15, 0.2) is 23.2 Å². The minimum atomic E-state index is -0.719. The van der Waals surface area contributed by atoms with E-state index in [0.717, 1.165) is 6.54 Å². The van der Waals surface area contributed by atoms with Gasteiger partial charge in [-0.05, 0) is 37.6 Å². The summed E-state index contributed by atoms with van der Waals surface area (Å²) >= 11 is 6.21. The number of hydrogen-bond acceptors (Lipinski definition) is 3. The van der Waals surface area contributed by atoms with E-state index in [0.29, 0.717) is 10.6 Å². The molecule has 1 fully saturated rings. The van der Waals surface area contributed by atoms with Crippen LogP contribution in [0.2, 0.25) is 5.02 Å². The first-order valence-electron chi connectivity index (χ1n) is 6.31. The molecule has 0 bridgehead atoms. The smallest absolute Gasteiger partial charge is 0.115 e. The third kappa shape index (κ3) is 3.31. The standard InChI is InChI=1S/C14H19ClN2O/c1-16-9-14(18)12-5-4-11(8-13(12)15)10-17-6-2-3-7-17/h4-5,8-9,14,18H,2-3,6-7,10H2,1H3/b16-9+. The van der Waals surface area contributed by atoms with Crippen LogP contribution >= 0.6 is 11.6 Å². The van der Waals surface area contributed by atoms with Crippen LogP contribution in [0.1, 0.15) is 30.1 Å². The molecule has 0 saturated carbocycles. The molecule has 1 aliphatic heterocycles. The number of aliphatic imine (C=N–C) groups is 1. The predicted molar refractivity (Wildman–Crippen MR) is 75.3 cm³/mol. The first-order valence-corrected chi connectivity index (χ1v) is 6.69. The lowest BCUT2D eigenvalue weighted by molar-refractivity contribution is 0.252. The fourth-order valence-electron chi connectivity index (χ4n) is 2.33. The molecule has 1 saturated heterocycles. The van der Waals surface area contributed by atoms with E-state index in [9.17, 15) is 5.11 Å². The number of aliphatic hydroxyl groups is 1. The highest BCUT2D eigenvalue weighted by Gasteiger charge is 2.14. The van der Waals surface area contributed by atoms with Gasteiger partial charge in [-0.15, -0.1) is 0 Å². The second kappa shape index (κ2) is 6.32. The van der Waals surface area contributed by atoms with Gasteiger partial charge >= 0.3 is 0 Å². The Labute approximate surface area is 113 Å². The van der Waals surface area contributed by atoms with Crippen molar-refractivity contribution in [2.24, 2.45) is 4.99 Å². The molecule has 0 amide bonds. The minimum Gasteiger partial charge on any atom is -0.383 e. The Hall–Kier alpha value is -0.900. The van der Waals surface area contributed by atoms with E-state index in [1.165, 1.54) is 37.7 Å². The molecule has 0 aromatic heterocycles. The SMILES string of the molecule is C/N=C/C(O)c1ccc(CN2CCCC2)cc1Cl. The van der Waals surface area contributed by atoms with Crippen LogP contribution < -0.4 is 0 Å². The van der Waals surface area contributed by atoms with Gasteiger partial charge in [-0.3, -0.25) is 9.89 Å². The van der Waals surface area contributed by atoms with Crippen LogP contribution in [-0.2, 0) is 6.54 Å². The second-order valence-electron chi connectivity index (χ2n) is 4.69. The first kappa shape index (κ1) is 13.5. The molecular formula is C14H19ClN2O. The third-order valence-electron chi connectivity index (χ3n) is 3.28. The topological polar surface area (TPSA) is 35.8 Å². The predicted octanol–water partition coefficient (Wildman–Crippen LogP) is 2.67. The molecule has 2 rings (SSSR count). The summed E-state index contributed by atoms with van der Waals surface area (Å²) in [5.41, 5.74) is 1.92. The number of likely N-dealkylation sites (tertiary alicyclic amines) is 1. The van der Waals surface area contributed by atoms with Crippen LogP contribution in [0.4, 0.5) is 0 Å². The number of halogens is 1. The van der Waals surface area contributed by atoms with Crippen molar-refractivity contribution in [2.75, 3.05) is 20.1 Å². The molecule has 1 N–H and O–H groups in total. The Morgan fingerprint density at radius 3 is 2.78 bits per heavy atom. The van der Waals surface area contributed by atoms with Crippen LogP contribution in [0.25, 0.3) is 0 Å². The maximum atomic E-state index is 9.83. The van der Waals surface area contributed by atoms with E-state index in [2.05, 4.69) is 9.89 Å². The van der Waals surface area contributed by atoms with E-state index in [4.69, 9.17) is 11.6 Å². The van der Waals surface area contributed by atoms with Crippen LogP contribution in [-0.4, -0.2) is 36.4 Å². The molecule has 1 aliphatic rings. The summed E-state index contributed by atoms with van der Waals surface area (Å²) in [7, 11) is 1.64. The molecule has 1 atom stereocenters. The fourth-order valence-corrected chi connectivity index (χ4v) is 2.64. The van der Waals surface area contributed by atoms with Crippen LogP contribution in [0, 0.1) is 0 Å². The summed E-state index contributed by atoms with van der Waals surface area (Å²) in [6.07, 6.45) is 3.35. The molecule has 1 aromatic carbocycles. The van der Waals surface area contributed by atoms with Crippen molar-refractivity contribution in [3.8, 4) is 0 Å². The number of hydrogen-bond donors (Lipinski definition) is 1. The van der Waals surface area contributed by atoms with E-state index >= 15 is 0 Å². The molecule has 4 heteroatoms. The summed E-state index contributed by atoms with van der Waals surface area (Å²) in [5.74, 6) is 0. The van der Waals surface area contributed by atoms with Gasteiger partial charge in [-0.1, -0.05) is 23.7 Å². The van der Waals surface area contributed by atoms with Gasteiger partial charge in [0.2, 0.25) is 0 Å². The molecule has 3 nitrogen and oxygen atoms in total. The van der Waals surface area contributed by atoms with Gasteiger partial charge in [0.1, 0.15) is 6.10 Å². The number of benzene rings is 1. The average molecular weight is 267 g/mol. The molecule has 0 spiro atoms. The van der Waals surface area contributed by atoms with E-state index in [1.807, 2.05) is 18.2 Å². The summed E-state index contributed by atoms with van der Waals surface area (Å²) in [4.78, 5) is 6.24. The Morgan fingerprint density at radius 2 is 2.17 bits per heavy atom. The van der Waals surface area contributed by atoms with Crippen molar-refractivity contribution in [3.63, 3.8) is 0 Å². The van der Waals surface area contributed by atoms with Crippen molar-refractivity contribution in [1.29, 1.82) is 0 Å². The highest BCUT2D eigenvalue weighted by atomic mass is 35.5. The monoisotopic (exact) mass is 266 g/mol. The largest absolute Gasteiger partial charge is 0.383 e. The van der Waals surface area contributed by atoms with Gasteiger partial charge in [0.25, 0.3) is 0 Å². The van der Waals surface area contributed by atoms with Crippen molar-refractivity contribution in [2.45, 2.75) is 25.5 Å². The lowest BCUT2D eigenvalue weighted by Gasteiger charge is -2.16. The van der Waals surface area contributed by atoms with Gasteiger partial charge in [-0.2, -0.15) is 0 Å². The molecule has 98 valence electrons. The molecule has 1 unspecified atom stereocenters. The number of rotatable bonds is 4. The molecule has 1 aromatic rings. The lowest BCUT2D eigenvalue weighted by Crippen LogP contribution is -2.18. The van der Waals surface area contributed by atoms with Gasteiger partial charge in [-0.25, -0.2) is 0 Å². The maximum absolute atomic E-state index is 9.83. The lowest BCUT2D eigenvalue weighted by atomic mass is 10.1. The maximum Gasteiger partial charge on any atom is 0.115 e. The zero-order valence-corrected chi connectivity index (χ0v) is 11.4. The van der Waals surface area contributed by atoms with Crippen molar-refractivity contribution < 1.29 is 5.11 Å². The molecular weight excluding hydrogens is 248 g/mol. The van der Waals surface area contributed by atoms with E-state index in [1.54, 1.807) is 7.05 Å². The Morgan fingerprint density at radius 1 is 1.44 bits per heavy atom. The van der Waals surface area contributed by atoms with Crippen molar-refractivity contribution in [3.05, 3.63) is 34.3 Å². The average Bonchev–Trinajstić information content (AvgIpc) is 2.82. The molecule has 1 heterocycles. The first-order chi connectivity index (χ1) is 8.70. The van der Waals surface area contributed by atoms with Gasteiger partial charge in [0, 0.05) is 30.4 Å². The summed E-state index contributed by atoms with van der Waals surface area (Å²) in [6, 6.07) is 5.87. The fraction of sp³-hybridized carbons (Fsp3) is 0.500. The Bertz CT molecular complexity index is 428. The zero-order chi connectivity index (χ0) is 13.0. The Balaban J connectivity index is 2.08. The summed E-state index contributed by atoms with van der Waals surface area (Å²) < 4.78 is 0. The van der Waals surface area contributed by atoms with Gasteiger partial charge < -0.3 is 5.11 Å². The molecule has 0 radical (unpaired) electrons. The van der Waals surface area contributed by atoms with Gasteiger partial charge in [0.05, 0.1) is 0 Å². The normalized spacial score (nSPS) is 18.6. The molecule has 18 heavy (non-hydrogen) atoms. The van der Waals surface area contributed by atoms with Crippen LogP contribution in [0.3, 0.4) is 0 Å². The van der Waals surface area contributed by atoms with Crippen molar-refractivity contribution in [1.82, 2.24) is 4.90 Å². The second-order valence-corrected chi connectivity index (χ2v) is 5.10. The highest BCUT2D eigenvalue weighted by Crippen LogP contribution is 2.24. The van der Waals surface area contributed by atoms with Crippen molar-refractivity contribution >= 4 is 17.8 Å². The Kier molecular flexibility index (Phi) is 4.75. The number of aliphatic hydroxyl groups excluding tert-OH is 1. The summed E-state index contributed by atoms with van der Waals surface area (Å²) in [5, 5.41) is 10.4. The quantitative estimate of drug-likeness (QED) is 0.851. The summed E-state index contributed by atoms with van der Waals surface area (Å²) in [6.45, 7) is 3.28. The van der Waals surface area contributed by atoms with E-state index < -0.39 is 6.10 Å². The third-order valence-corrected chi connectivity index (χ3v) is 3.61. The van der Waals surface area contributed by atoms with Crippen LogP contribution in [0.5, 0.6) is 0 Å². The minimum absolute atomic E-state index is 0.610. The highest BCUT2D eigenvalue weighted by molar-refractivity contribution is 6.31. The van der Waals surface area contributed by atoms with Gasteiger partial charge in [0.15, 0.2) is 0 Å². The molecule has 0 aliphatic carbocycles. The van der Waals surface area contributed by atoms with E-state index in [-0.39, 0.29) is 0 Å². The number of nitrogens with zero attached hydrogens (tertiary/aromatic N) is 2. The zero-order valence-electron chi connectivity index (χ0n) is 10.6.